The van der Waals surface area contributed by atoms with Crippen LogP contribution in [0.25, 0.3) is 0 Å². The summed E-state index contributed by atoms with van der Waals surface area (Å²) in [6, 6.07) is 7.33. The van der Waals surface area contributed by atoms with Gasteiger partial charge in [0.25, 0.3) is 0 Å². The molecule has 102 valence electrons. The van der Waals surface area contributed by atoms with Gasteiger partial charge in [0.1, 0.15) is 6.61 Å². The first-order valence-electron chi connectivity index (χ1n) is 5.52. The molecule has 0 aliphatic heterocycles. The summed E-state index contributed by atoms with van der Waals surface area (Å²) in [5.41, 5.74) is 0.985. The molecule has 0 saturated carbocycles. The van der Waals surface area contributed by atoms with Crippen LogP contribution in [0.15, 0.2) is 24.3 Å². The lowest BCUT2D eigenvalue weighted by atomic mass is 10.1. The second-order valence-electron chi connectivity index (χ2n) is 3.90. The summed E-state index contributed by atoms with van der Waals surface area (Å²) in [6.07, 6.45) is -4.27. The first-order chi connectivity index (χ1) is 8.38. The minimum atomic E-state index is -4.27. The fourth-order valence-corrected chi connectivity index (χ4v) is 1.63. The van der Waals surface area contributed by atoms with E-state index in [4.69, 9.17) is 11.6 Å². The lowest BCUT2D eigenvalue weighted by molar-refractivity contribution is -0.173. The van der Waals surface area contributed by atoms with E-state index in [2.05, 4.69) is 10.1 Å². The molecule has 1 N–H and O–H groups in total. The van der Waals surface area contributed by atoms with Gasteiger partial charge in [-0.1, -0.05) is 23.7 Å². The number of hydrogen-bond donors (Lipinski definition) is 1. The molecule has 6 heteroatoms. The molecule has 1 rings (SSSR count). The molecule has 0 bridgehead atoms. The monoisotopic (exact) mass is 281 g/mol. The van der Waals surface area contributed by atoms with Gasteiger partial charge in [-0.05, 0) is 24.6 Å². The summed E-state index contributed by atoms with van der Waals surface area (Å²) in [5, 5.41) is 3.70. The van der Waals surface area contributed by atoms with Crippen LogP contribution in [0.3, 0.4) is 0 Å². The van der Waals surface area contributed by atoms with Crippen molar-refractivity contribution in [2.75, 3.05) is 19.8 Å². The van der Waals surface area contributed by atoms with Crippen molar-refractivity contribution in [3.8, 4) is 0 Å². The molecular weight excluding hydrogens is 267 g/mol. The van der Waals surface area contributed by atoms with Gasteiger partial charge < -0.3 is 10.1 Å². The maximum atomic E-state index is 11.8. The average Bonchev–Trinajstić information content (AvgIpc) is 2.26. The molecule has 0 saturated heterocycles. The third kappa shape index (κ3) is 6.23. The van der Waals surface area contributed by atoms with E-state index < -0.39 is 12.8 Å². The summed E-state index contributed by atoms with van der Waals surface area (Å²) >= 11 is 5.85. The molecule has 0 amide bonds. The van der Waals surface area contributed by atoms with Gasteiger partial charge in [-0.15, -0.1) is 0 Å². The Morgan fingerprint density at radius 3 is 2.72 bits per heavy atom. The molecule has 2 nitrogen and oxygen atoms in total. The number of hydrogen-bond acceptors (Lipinski definition) is 2. The first kappa shape index (κ1) is 15.3. The van der Waals surface area contributed by atoms with Gasteiger partial charge >= 0.3 is 6.18 Å². The Hall–Kier alpha value is -0.780. The Morgan fingerprint density at radius 2 is 2.11 bits per heavy atom. The zero-order valence-corrected chi connectivity index (χ0v) is 10.7. The second-order valence-corrected chi connectivity index (χ2v) is 4.34. The van der Waals surface area contributed by atoms with E-state index in [0.29, 0.717) is 11.6 Å². The molecule has 0 aromatic heterocycles. The molecule has 0 fully saturated rings. The number of alkyl halides is 3. The Bertz CT molecular complexity index is 371. The van der Waals surface area contributed by atoms with Gasteiger partial charge in [-0.3, -0.25) is 0 Å². The number of benzene rings is 1. The minimum absolute atomic E-state index is 0.0122. The predicted octanol–water partition coefficient (Wildman–Crippen LogP) is 3.57. The number of halogens is 4. The van der Waals surface area contributed by atoms with Crippen molar-refractivity contribution in [1.82, 2.24) is 5.32 Å². The SMILES string of the molecule is C[C@@H](NCCOCC(F)(F)F)c1cccc(Cl)c1. The Labute approximate surface area is 109 Å². The second kappa shape index (κ2) is 6.97. The van der Waals surface area contributed by atoms with Crippen molar-refractivity contribution in [2.45, 2.75) is 19.1 Å². The van der Waals surface area contributed by atoms with Crippen LogP contribution in [0.2, 0.25) is 5.02 Å². The normalized spacial score (nSPS) is 13.6. The highest BCUT2D eigenvalue weighted by Gasteiger charge is 2.27. The summed E-state index contributed by atoms with van der Waals surface area (Å²) in [6.45, 7) is 1.07. The third-order valence-electron chi connectivity index (χ3n) is 2.31. The molecule has 18 heavy (non-hydrogen) atoms. The van der Waals surface area contributed by atoms with Crippen molar-refractivity contribution < 1.29 is 17.9 Å². The van der Waals surface area contributed by atoms with Crippen molar-refractivity contribution >= 4 is 11.6 Å². The fraction of sp³-hybridized carbons (Fsp3) is 0.500. The number of nitrogens with one attached hydrogen (secondary N) is 1. The number of ether oxygens (including phenoxy) is 1. The molecule has 0 heterocycles. The molecular formula is C12H15ClF3NO. The van der Waals surface area contributed by atoms with Crippen LogP contribution in [-0.4, -0.2) is 25.9 Å². The van der Waals surface area contributed by atoms with Crippen LogP contribution >= 0.6 is 11.6 Å². The zero-order chi connectivity index (χ0) is 13.6. The molecule has 0 aliphatic carbocycles. The molecule has 1 aromatic carbocycles. The van der Waals surface area contributed by atoms with Gasteiger partial charge in [0.2, 0.25) is 0 Å². The lowest BCUT2D eigenvalue weighted by Crippen LogP contribution is -2.25. The lowest BCUT2D eigenvalue weighted by Gasteiger charge is -2.15. The standard InChI is InChI=1S/C12H15ClF3NO/c1-9(10-3-2-4-11(13)7-10)17-5-6-18-8-12(14,15)16/h2-4,7,9,17H,5-6,8H2,1H3/t9-/m1/s1. The maximum absolute atomic E-state index is 11.8. The van der Waals surface area contributed by atoms with Crippen molar-refractivity contribution in [2.24, 2.45) is 0 Å². The largest absolute Gasteiger partial charge is 0.411 e. The van der Waals surface area contributed by atoms with E-state index in [1.54, 1.807) is 6.07 Å². The van der Waals surface area contributed by atoms with Gasteiger partial charge in [0, 0.05) is 17.6 Å². The van der Waals surface area contributed by atoms with Crippen LogP contribution < -0.4 is 5.32 Å². The fourth-order valence-electron chi connectivity index (χ4n) is 1.43. The van der Waals surface area contributed by atoms with Crippen LogP contribution in [0.5, 0.6) is 0 Å². The van der Waals surface area contributed by atoms with Gasteiger partial charge in [0.15, 0.2) is 0 Å². The molecule has 0 aliphatic rings. The van der Waals surface area contributed by atoms with Crippen LogP contribution in [-0.2, 0) is 4.74 Å². The van der Waals surface area contributed by atoms with Crippen molar-refractivity contribution in [3.05, 3.63) is 34.9 Å². The van der Waals surface area contributed by atoms with Gasteiger partial charge in [0.05, 0.1) is 6.61 Å². The molecule has 1 atom stereocenters. The summed E-state index contributed by atoms with van der Waals surface area (Å²) in [7, 11) is 0. The third-order valence-corrected chi connectivity index (χ3v) is 2.55. The Morgan fingerprint density at radius 1 is 1.39 bits per heavy atom. The number of rotatable bonds is 6. The minimum Gasteiger partial charge on any atom is -0.371 e. The van der Waals surface area contributed by atoms with E-state index in [0.717, 1.165) is 5.56 Å². The summed E-state index contributed by atoms with van der Waals surface area (Å²) in [5.74, 6) is 0. The smallest absolute Gasteiger partial charge is 0.371 e. The molecule has 0 spiro atoms. The average molecular weight is 282 g/mol. The molecule has 0 unspecified atom stereocenters. The van der Waals surface area contributed by atoms with Crippen LogP contribution in [0.1, 0.15) is 18.5 Å². The molecule has 0 radical (unpaired) electrons. The topological polar surface area (TPSA) is 21.3 Å². The van der Waals surface area contributed by atoms with E-state index in [1.165, 1.54) is 0 Å². The van der Waals surface area contributed by atoms with Gasteiger partial charge in [-0.25, -0.2) is 0 Å². The van der Waals surface area contributed by atoms with Gasteiger partial charge in [-0.2, -0.15) is 13.2 Å². The summed E-state index contributed by atoms with van der Waals surface area (Å²) < 4.78 is 39.9. The quantitative estimate of drug-likeness (QED) is 0.805. The van der Waals surface area contributed by atoms with E-state index in [9.17, 15) is 13.2 Å². The van der Waals surface area contributed by atoms with E-state index in [-0.39, 0.29) is 12.6 Å². The predicted molar refractivity (Wildman–Crippen MR) is 64.7 cm³/mol. The zero-order valence-electron chi connectivity index (χ0n) is 9.93. The van der Waals surface area contributed by atoms with E-state index >= 15 is 0 Å². The maximum Gasteiger partial charge on any atom is 0.411 e. The summed E-state index contributed by atoms with van der Waals surface area (Å²) in [4.78, 5) is 0. The van der Waals surface area contributed by atoms with Crippen molar-refractivity contribution in [3.63, 3.8) is 0 Å². The first-order valence-corrected chi connectivity index (χ1v) is 5.89. The Kier molecular flexibility index (Phi) is 5.91. The van der Waals surface area contributed by atoms with Crippen LogP contribution in [0.4, 0.5) is 13.2 Å². The Balaban J connectivity index is 2.23. The highest BCUT2D eigenvalue weighted by Crippen LogP contribution is 2.17. The van der Waals surface area contributed by atoms with Crippen molar-refractivity contribution in [1.29, 1.82) is 0 Å². The highest BCUT2D eigenvalue weighted by molar-refractivity contribution is 6.30. The highest BCUT2D eigenvalue weighted by atomic mass is 35.5. The van der Waals surface area contributed by atoms with E-state index in [1.807, 2.05) is 25.1 Å². The van der Waals surface area contributed by atoms with Crippen LogP contribution in [0, 0.1) is 0 Å². The molecule has 1 aromatic rings.